The normalized spacial score (nSPS) is 19.9. The lowest BCUT2D eigenvalue weighted by molar-refractivity contribution is 0.153. The molecule has 0 aliphatic carbocycles. The van der Waals surface area contributed by atoms with Crippen molar-refractivity contribution in [2.75, 3.05) is 32.6 Å². The third-order valence-corrected chi connectivity index (χ3v) is 4.42. The lowest BCUT2D eigenvalue weighted by Crippen LogP contribution is -2.37. The summed E-state index contributed by atoms with van der Waals surface area (Å²) >= 11 is 1.84. The van der Waals surface area contributed by atoms with Gasteiger partial charge in [-0.1, -0.05) is 39.5 Å². The molecule has 0 aromatic rings. The summed E-state index contributed by atoms with van der Waals surface area (Å²) in [6.07, 6.45) is 1.07. The molecule has 1 N–H and O–H groups in total. The standard InChI is InChI=1S/C13H26N2OS/c1-12(2,6-7-16-5)8-14-11-15-9-13(3,4)10-17-11/h6-10H2,1-5H3,(H,14,15). The van der Waals surface area contributed by atoms with Gasteiger partial charge in [0.05, 0.1) is 0 Å². The van der Waals surface area contributed by atoms with Crippen LogP contribution in [0.1, 0.15) is 34.1 Å². The van der Waals surface area contributed by atoms with E-state index in [9.17, 15) is 0 Å². The van der Waals surface area contributed by atoms with Crippen molar-refractivity contribution in [2.45, 2.75) is 34.1 Å². The zero-order valence-electron chi connectivity index (χ0n) is 11.8. The van der Waals surface area contributed by atoms with E-state index in [-0.39, 0.29) is 5.41 Å². The van der Waals surface area contributed by atoms with Crippen LogP contribution in [0.5, 0.6) is 0 Å². The largest absolute Gasteiger partial charge is 0.385 e. The second kappa shape index (κ2) is 6.10. The summed E-state index contributed by atoms with van der Waals surface area (Å²) in [6.45, 7) is 11.8. The third-order valence-electron chi connectivity index (χ3n) is 2.95. The van der Waals surface area contributed by atoms with Crippen molar-refractivity contribution in [1.82, 2.24) is 5.32 Å². The van der Waals surface area contributed by atoms with Crippen molar-refractivity contribution in [1.29, 1.82) is 0 Å². The zero-order chi connectivity index (χ0) is 12.9. The molecule has 0 saturated carbocycles. The smallest absolute Gasteiger partial charge is 0.156 e. The minimum atomic E-state index is 0.256. The number of hydrogen-bond acceptors (Lipinski definition) is 4. The monoisotopic (exact) mass is 258 g/mol. The number of rotatable bonds is 5. The lowest BCUT2D eigenvalue weighted by atomic mass is 9.90. The second-order valence-corrected chi connectivity index (χ2v) is 7.30. The zero-order valence-corrected chi connectivity index (χ0v) is 12.6. The van der Waals surface area contributed by atoms with Crippen molar-refractivity contribution < 1.29 is 4.74 Å². The molecule has 0 aromatic heterocycles. The van der Waals surface area contributed by atoms with Gasteiger partial charge in [0.15, 0.2) is 5.17 Å². The fraction of sp³-hybridized carbons (Fsp3) is 0.923. The van der Waals surface area contributed by atoms with E-state index in [1.54, 1.807) is 7.11 Å². The molecule has 1 rings (SSSR count). The molecule has 0 spiro atoms. The molecule has 0 atom stereocenters. The average molecular weight is 258 g/mol. The van der Waals surface area contributed by atoms with Gasteiger partial charge < -0.3 is 10.1 Å². The lowest BCUT2D eigenvalue weighted by Gasteiger charge is -2.30. The molecular formula is C13H26N2OS. The molecule has 4 heteroatoms. The Balaban J connectivity index is 2.34. The predicted molar refractivity (Wildman–Crippen MR) is 76.8 cm³/mol. The van der Waals surface area contributed by atoms with E-state index >= 15 is 0 Å². The molecule has 0 radical (unpaired) electrons. The highest BCUT2D eigenvalue weighted by atomic mass is 32.2. The Labute approximate surface area is 110 Å². The van der Waals surface area contributed by atoms with E-state index in [1.165, 1.54) is 0 Å². The van der Waals surface area contributed by atoms with Crippen molar-refractivity contribution in [2.24, 2.45) is 15.8 Å². The van der Waals surface area contributed by atoms with Gasteiger partial charge >= 0.3 is 0 Å². The van der Waals surface area contributed by atoms with Gasteiger partial charge in [0, 0.05) is 32.6 Å². The molecule has 0 fully saturated rings. The molecule has 0 amide bonds. The first-order valence-electron chi connectivity index (χ1n) is 6.25. The number of nitrogens with zero attached hydrogens (tertiary/aromatic N) is 1. The van der Waals surface area contributed by atoms with Gasteiger partial charge in [-0.3, -0.25) is 4.99 Å². The summed E-state index contributed by atoms with van der Waals surface area (Å²) in [5.41, 5.74) is 0.605. The summed E-state index contributed by atoms with van der Waals surface area (Å²) in [6, 6.07) is 0. The molecule has 100 valence electrons. The van der Waals surface area contributed by atoms with E-state index in [0.717, 1.165) is 37.0 Å². The van der Waals surface area contributed by atoms with Crippen LogP contribution in [0.4, 0.5) is 0 Å². The van der Waals surface area contributed by atoms with Gasteiger partial charge in [0.25, 0.3) is 0 Å². The minimum Gasteiger partial charge on any atom is -0.385 e. The summed E-state index contributed by atoms with van der Waals surface area (Å²) < 4.78 is 5.13. The van der Waals surface area contributed by atoms with Crippen molar-refractivity contribution in [3.8, 4) is 0 Å². The first-order chi connectivity index (χ1) is 7.85. The Morgan fingerprint density at radius 2 is 2.18 bits per heavy atom. The molecule has 0 unspecified atom stereocenters. The minimum absolute atomic E-state index is 0.256. The highest BCUT2D eigenvalue weighted by molar-refractivity contribution is 8.13. The summed E-state index contributed by atoms with van der Waals surface area (Å²) in [5, 5.41) is 4.57. The topological polar surface area (TPSA) is 33.6 Å². The van der Waals surface area contributed by atoms with E-state index in [2.05, 4.69) is 38.0 Å². The van der Waals surface area contributed by atoms with Crippen LogP contribution in [-0.4, -0.2) is 37.7 Å². The third kappa shape index (κ3) is 5.77. The van der Waals surface area contributed by atoms with Gasteiger partial charge in [-0.15, -0.1) is 0 Å². The molecule has 3 nitrogen and oxygen atoms in total. The van der Waals surface area contributed by atoms with Crippen molar-refractivity contribution in [3.05, 3.63) is 0 Å². The first kappa shape index (κ1) is 14.8. The van der Waals surface area contributed by atoms with Gasteiger partial charge in [-0.05, 0) is 17.3 Å². The molecule has 0 bridgehead atoms. The van der Waals surface area contributed by atoms with Gasteiger partial charge in [0.1, 0.15) is 0 Å². The van der Waals surface area contributed by atoms with Crippen molar-refractivity contribution in [3.63, 3.8) is 0 Å². The molecule has 17 heavy (non-hydrogen) atoms. The van der Waals surface area contributed by atoms with Crippen LogP contribution in [0, 0.1) is 10.8 Å². The van der Waals surface area contributed by atoms with Crippen LogP contribution in [0.3, 0.4) is 0 Å². The Bertz CT molecular complexity index is 275. The number of hydrogen-bond donors (Lipinski definition) is 1. The fourth-order valence-corrected chi connectivity index (χ4v) is 2.48. The number of ether oxygens (including phenoxy) is 1. The Hall–Kier alpha value is -0.220. The number of amidine groups is 1. The highest BCUT2D eigenvalue weighted by Crippen LogP contribution is 2.27. The molecule has 1 aliphatic heterocycles. The van der Waals surface area contributed by atoms with E-state index in [1.807, 2.05) is 11.8 Å². The van der Waals surface area contributed by atoms with Gasteiger partial charge in [-0.25, -0.2) is 0 Å². The number of aliphatic imine (C=N–C) groups is 1. The second-order valence-electron chi connectivity index (χ2n) is 6.33. The maximum absolute atomic E-state index is 5.13. The Kier molecular flexibility index (Phi) is 5.32. The van der Waals surface area contributed by atoms with Crippen LogP contribution < -0.4 is 5.32 Å². The van der Waals surface area contributed by atoms with Crippen LogP contribution in [0.2, 0.25) is 0 Å². The average Bonchev–Trinajstić information content (AvgIpc) is 2.25. The molecule has 1 heterocycles. The Morgan fingerprint density at radius 1 is 1.47 bits per heavy atom. The number of methoxy groups -OCH3 is 1. The van der Waals surface area contributed by atoms with E-state index in [4.69, 9.17) is 4.74 Å². The van der Waals surface area contributed by atoms with Gasteiger partial charge in [-0.2, -0.15) is 0 Å². The number of nitrogens with one attached hydrogen (secondary N) is 1. The quantitative estimate of drug-likeness (QED) is 0.823. The molecule has 0 saturated heterocycles. The maximum atomic E-state index is 5.13. The first-order valence-corrected chi connectivity index (χ1v) is 7.23. The SMILES string of the molecule is COCCC(C)(C)CNC1=NCC(C)(C)CS1. The summed E-state index contributed by atoms with van der Waals surface area (Å²) in [5.74, 6) is 1.15. The maximum Gasteiger partial charge on any atom is 0.156 e. The molecular weight excluding hydrogens is 232 g/mol. The van der Waals surface area contributed by atoms with E-state index in [0.29, 0.717) is 5.41 Å². The summed E-state index contributed by atoms with van der Waals surface area (Å²) in [4.78, 5) is 4.60. The van der Waals surface area contributed by atoms with Crippen molar-refractivity contribution >= 4 is 16.9 Å². The molecule has 1 aliphatic rings. The Morgan fingerprint density at radius 3 is 2.71 bits per heavy atom. The summed E-state index contributed by atoms with van der Waals surface area (Å²) in [7, 11) is 1.76. The predicted octanol–water partition coefficient (Wildman–Crippen LogP) is 2.77. The molecule has 0 aromatic carbocycles. The van der Waals surface area contributed by atoms with Crippen LogP contribution in [-0.2, 0) is 4.74 Å². The highest BCUT2D eigenvalue weighted by Gasteiger charge is 2.24. The number of thioether (sulfide) groups is 1. The van der Waals surface area contributed by atoms with Crippen LogP contribution in [0.25, 0.3) is 0 Å². The van der Waals surface area contributed by atoms with Crippen LogP contribution in [0.15, 0.2) is 4.99 Å². The van der Waals surface area contributed by atoms with Gasteiger partial charge in [0.2, 0.25) is 0 Å². The van der Waals surface area contributed by atoms with E-state index < -0.39 is 0 Å². The fourth-order valence-electron chi connectivity index (χ4n) is 1.53. The van der Waals surface area contributed by atoms with Crippen LogP contribution >= 0.6 is 11.8 Å².